The summed E-state index contributed by atoms with van der Waals surface area (Å²) in [7, 11) is 1.61. The lowest BCUT2D eigenvalue weighted by molar-refractivity contribution is -0.305. The van der Waals surface area contributed by atoms with Gasteiger partial charge >= 0.3 is 0 Å². The molecule has 0 bridgehead atoms. The summed E-state index contributed by atoms with van der Waals surface area (Å²) in [5.74, 6) is -1.75. The van der Waals surface area contributed by atoms with Crippen LogP contribution in [0.1, 0.15) is 40.7 Å². The second-order valence-electron chi connectivity index (χ2n) is 8.18. The molecule has 2 heterocycles. The SMILES string of the molecule is COc1ccc(/C=C/c2ccc3c(c2)C(=O)N2CC[C@H](NC(=O)CCC(=O)[O-])[C@H]2C(=O)N3)cc1. The van der Waals surface area contributed by atoms with Crippen molar-refractivity contribution in [1.29, 1.82) is 0 Å². The lowest BCUT2D eigenvalue weighted by atomic mass is 10.1. The highest BCUT2D eigenvalue weighted by molar-refractivity contribution is 6.11. The van der Waals surface area contributed by atoms with Crippen LogP contribution in [0.2, 0.25) is 0 Å². The van der Waals surface area contributed by atoms with Crippen molar-refractivity contribution in [2.75, 3.05) is 19.0 Å². The second-order valence-corrected chi connectivity index (χ2v) is 8.18. The van der Waals surface area contributed by atoms with Crippen LogP contribution in [0.5, 0.6) is 5.75 Å². The van der Waals surface area contributed by atoms with E-state index in [0.717, 1.165) is 16.9 Å². The monoisotopic (exact) mass is 462 g/mol. The van der Waals surface area contributed by atoms with Crippen molar-refractivity contribution >= 4 is 41.5 Å². The van der Waals surface area contributed by atoms with Crippen molar-refractivity contribution in [3.05, 3.63) is 59.2 Å². The Morgan fingerprint density at radius 3 is 2.53 bits per heavy atom. The fourth-order valence-corrected chi connectivity index (χ4v) is 4.21. The zero-order valence-corrected chi connectivity index (χ0v) is 18.6. The third kappa shape index (κ3) is 4.93. The molecule has 1 fully saturated rings. The maximum atomic E-state index is 13.3. The minimum absolute atomic E-state index is 0.245. The zero-order valence-electron chi connectivity index (χ0n) is 18.6. The highest BCUT2D eigenvalue weighted by atomic mass is 16.5. The molecule has 176 valence electrons. The van der Waals surface area contributed by atoms with Crippen LogP contribution in [0.25, 0.3) is 12.2 Å². The van der Waals surface area contributed by atoms with Gasteiger partial charge in [0.05, 0.1) is 24.4 Å². The number of carbonyl (C=O) groups is 4. The number of rotatable bonds is 7. The number of fused-ring (bicyclic) bond motifs is 2. The Morgan fingerprint density at radius 1 is 1.12 bits per heavy atom. The smallest absolute Gasteiger partial charge is 0.256 e. The standard InChI is InChI=1S/C25H25N3O6/c1-34-17-7-4-15(5-8-17)2-3-16-6-9-19-18(14-16)25(33)28-13-12-20(23(28)24(32)27-19)26-21(29)10-11-22(30)31/h2-9,14,20,23H,10-13H2,1H3,(H,26,29)(H,27,32)(H,30,31)/p-1/b3-2+/t20-,23-/m0/s1. The van der Waals surface area contributed by atoms with E-state index >= 15 is 0 Å². The average molecular weight is 462 g/mol. The van der Waals surface area contributed by atoms with Gasteiger partial charge in [-0.25, -0.2) is 0 Å². The molecular formula is C25H24N3O6-. The number of benzene rings is 2. The quantitative estimate of drug-likeness (QED) is 0.592. The van der Waals surface area contributed by atoms with Crippen LogP contribution in [-0.2, 0) is 14.4 Å². The average Bonchev–Trinajstić information content (AvgIpc) is 3.21. The molecule has 0 spiro atoms. The molecule has 0 saturated carbocycles. The molecule has 2 aliphatic heterocycles. The largest absolute Gasteiger partial charge is 0.550 e. The van der Waals surface area contributed by atoms with Crippen molar-refractivity contribution in [2.45, 2.75) is 31.3 Å². The first-order valence-electron chi connectivity index (χ1n) is 10.9. The molecule has 1 saturated heterocycles. The number of methoxy groups -OCH3 is 1. The topological polar surface area (TPSA) is 128 Å². The van der Waals surface area contributed by atoms with E-state index in [4.69, 9.17) is 4.74 Å². The predicted molar refractivity (Wildman–Crippen MR) is 123 cm³/mol. The third-order valence-electron chi connectivity index (χ3n) is 5.95. The van der Waals surface area contributed by atoms with Crippen molar-refractivity contribution in [2.24, 2.45) is 0 Å². The Hall–Kier alpha value is -4.14. The Labute approximate surface area is 196 Å². The van der Waals surface area contributed by atoms with Gasteiger partial charge in [-0.05, 0) is 48.2 Å². The lowest BCUT2D eigenvalue weighted by Gasteiger charge is -2.25. The van der Waals surface area contributed by atoms with Gasteiger partial charge < -0.3 is 30.2 Å². The van der Waals surface area contributed by atoms with Gasteiger partial charge in [0.15, 0.2) is 0 Å². The number of nitrogens with zero attached hydrogens (tertiary/aromatic N) is 1. The number of anilines is 1. The van der Waals surface area contributed by atoms with Gasteiger partial charge in [-0.1, -0.05) is 30.4 Å². The molecule has 2 N–H and O–H groups in total. The maximum Gasteiger partial charge on any atom is 0.256 e. The Balaban J connectivity index is 1.51. The van der Waals surface area contributed by atoms with Crippen LogP contribution in [0, 0.1) is 0 Å². The van der Waals surface area contributed by atoms with E-state index in [0.29, 0.717) is 24.2 Å². The van der Waals surface area contributed by atoms with E-state index in [1.165, 1.54) is 4.90 Å². The van der Waals surface area contributed by atoms with E-state index in [-0.39, 0.29) is 12.3 Å². The van der Waals surface area contributed by atoms with Gasteiger partial charge in [-0.3, -0.25) is 14.4 Å². The first-order valence-corrected chi connectivity index (χ1v) is 10.9. The Morgan fingerprint density at radius 2 is 1.82 bits per heavy atom. The van der Waals surface area contributed by atoms with Crippen LogP contribution in [-0.4, -0.2) is 54.3 Å². The lowest BCUT2D eigenvalue weighted by Crippen LogP contribution is -2.51. The van der Waals surface area contributed by atoms with Gasteiger partial charge in [0, 0.05) is 18.9 Å². The summed E-state index contributed by atoms with van der Waals surface area (Å²) in [4.78, 5) is 50.4. The number of aliphatic carboxylic acids is 1. The minimum atomic E-state index is -1.32. The van der Waals surface area contributed by atoms with Gasteiger partial charge in [-0.2, -0.15) is 0 Å². The predicted octanol–water partition coefficient (Wildman–Crippen LogP) is 1.05. The van der Waals surface area contributed by atoms with E-state index < -0.39 is 36.3 Å². The zero-order chi connectivity index (χ0) is 24.2. The van der Waals surface area contributed by atoms with E-state index in [9.17, 15) is 24.3 Å². The number of ether oxygens (including phenoxy) is 1. The van der Waals surface area contributed by atoms with E-state index in [1.807, 2.05) is 42.5 Å². The first kappa shape index (κ1) is 23.0. The summed E-state index contributed by atoms with van der Waals surface area (Å²) in [5, 5.41) is 16.1. The number of amides is 3. The molecule has 0 aromatic heterocycles. The van der Waals surface area contributed by atoms with Crippen molar-refractivity contribution < 1.29 is 29.0 Å². The van der Waals surface area contributed by atoms with Crippen molar-refractivity contribution in [3.63, 3.8) is 0 Å². The van der Waals surface area contributed by atoms with Crippen LogP contribution in [0.4, 0.5) is 5.69 Å². The fraction of sp³-hybridized carbons (Fsp3) is 0.280. The molecule has 2 aromatic rings. The molecule has 0 radical (unpaired) electrons. The molecule has 2 aromatic carbocycles. The molecule has 34 heavy (non-hydrogen) atoms. The summed E-state index contributed by atoms with van der Waals surface area (Å²) in [6.07, 6.45) is 3.54. The molecular weight excluding hydrogens is 438 g/mol. The first-order chi connectivity index (χ1) is 16.4. The number of carbonyl (C=O) groups excluding carboxylic acids is 4. The van der Waals surface area contributed by atoms with Crippen LogP contribution in [0.3, 0.4) is 0 Å². The highest BCUT2D eigenvalue weighted by Crippen LogP contribution is 2.30. The molecule has 9 heteroatoms. The Bertz CT molecular complexity index is 1160. The number of carboxylic acids is 1. The molecule has 2 aliphatic rings. The Kier molecular flexibility index (Phi) is 6.62. The van der Waals surface area contributed by atoms with E-state index in [2.05, 4.69) is 10.6 Å². The molecule has 0 unspecified atom stereocenters. The molecule has 0 aliphatic carbocycles. The van der Waals surface area contributed by atoms with Gasteiger partial charge in [0.1, 0.15) is 11.8 Å². The maximum absolute atomic E-state index is 13.3. The van der Waals surface area contributed by atoms with Gasteiger partial charge in [-0.15, -0.1) is 0 Å². The number of hydrogen-bond donors (Lipinski definition) is 2. The second kappa shape index (κ2) is 9.78. The van der Waals surface area contributed by atoms with Crippen molar-refractivity contribution in [1.82, 2.24) is 10.2 Å². The van der Waals surface area contributed by atoms with Gasteiger partial charge in [0.25, 0.3) is 5.91 Å². The molecule has 4 rings (SSSR count). The minimum Gasteiger partial charge on any atom is -0.550 e. The van der Waals surface area contributed by atoms with E-state index in [1.54, 1.807) is 19.2 Å². The fourth-order valence-electron chi connectivity index (χ4n) is 4.21. The molecule has 3 amide bonds. The van der Waals surface area contributed by atoms with Crippen LogP contribution in [0.15, 0.2) is 42.5 Å². The number of nitrogens with one attached hydrogen (secondary N) is 2. The van der Waals surface area contributed by atoms with Gasteiger partial charge in [0.2, 0.25) is 11.8 Å². The molecule has 2 atom stereocenters. The summed E-state index contributed by atoms with van der Waals surface area (Å²) in [6, 6.07) is 11.3. The van der Waals surface area contributed by atoms with Crippen molar-refractivity contribution in [3.8, 4) is 5.75 Å². The summed E-state index contributed by atoms with van der Waals surface area (Å²) in [5.41, 5.74) is 2.54. The summed E-state index contributed by atoms with van der Waals surface area (Å²) in [6.45, 7) is 0.299. The van der Waals surface area contributed by atoms with Crippen LogP contribution >= 0.6 is 0 Å². The molecule has 9 nitrogen and oxygen atoms in total. The summed E-state index contributed by atoms with van der Waals surface area (Å²) < 4.78 is 5.16. The normalized spacial score (nSPS) is 19.3. The third-order valence-corrected chi connectivity index (χ3v) is 5.95. The van der Waals surface area contributed by atoms with Crippen LogP contribution < -0.4 is 20.5 Å². The number of carboxylic acid groups (broad SMARTS) is 1. The number of hydrogen-bond acceptors (Lipinski definition) is 6. The summed E-state index contributed by atoms with van der Waals surface area (Å²) >= 11 is 0. The highest BCUT2D eigenvalue weighted by Gasteiger charge is 2.45.